The third kappa shape index (κ3) is 5.40. The Balaban J connectivity index is 1.71. The first kappa shape index (κ1) is 21.4. The van der Waals surface area contributed by atoms with Crippen LogP contribution >= 0.6 is 11.8 Å². The van der Waals surface area contributed by atoms with Crippen LogP contribution in [-0.4, -0.2) is 37.5 Å². The van der Waals surface area contributed by atoms with Crippen LogP contribution in [0.5, 0.6) is 0 Å². The number of carbonyl (C=O) groups is 1. The van der Waals surface area contributed by atoms with Gasteiger partial charge in [-0.3, -0.25) is 4.79 Å². The number of hydrogen-bond donors (Lipinski definition) is 1. The van der Waals surface area contributed by atoms with E-state index in [1.165, 1.54) is 12.1 Å². The van der Waals surface area contributed by atoms with Crippen molar-refractivity contribution in [1.82, 2.24) is 19.8 Å². The van der Waals surface area contributed by atoms with Gasteiger partial charge < -0.3 is 10.7 Å². The zero-order valence-corrected chi connectivity index (χ0v) is 16.3. The number of nitrogen functional groups attached to an aromatic ring is 1. The van der Waals surface area contributed by atoms with E-state index in [2.05, 4.69) is 10.2 Å². The lowest BCUT2D eigenvalue weighted by atomic mass is 9.94. The summed E-state index contributed by atoms with van der Waals surface area (Å²) < 4.78 is 51.9. The Morgan fingerprint density at radius 2 is 1.83 bits per heavy atom. The zero-order chi connectivity index (χ0) is 21.0. The van der Waals surface area contributed by atoms with Gasteiger partial charge in [-0.25, -0.2) is 9.07 Å². The van der Waals surface area contributed by atoms with E-state index in [-0.39, 0.29) is 28.7 Å². The molecule has 0 atom stereocenters. The maximum Gasteiger partial charge on any atom is 0.453 e. The van der Waals surface area contributed by atoms with Crippen molar-refractivity contribution in [3.63, 3.8) is 0 Å². The van der Waals surface area contributed by atoms with Crippen molar-refractivity contribution in [2.24, 2.45) is 0 Å². The minimum Gasteiger partial charge on any atom is -0.335 e. The number of alkyl halides is 3. The lowest BCUT2D eigenvalue weighted by Crippen LogP contribution is -2.42. The van der Waals surface area contributed by atoms with Gasteiger partial charge in [0.15, 0.2) is 0 Å². The Morgan fingerprint density at radius 3 is 2.41 bits per heavy atom. The van der Waals surface area contributed by atoms with Crippen molar-refractivity contribution in [1.29, 1.82) is 0 Å². The molecule has 1 amide bonds. The molecular formula is C18H21F4N5OS. The van der Waals surface area contributed by atoms with Gasteiger partial charge in [-0.15, -0.1) is 10.2 Å². The minimum atomic E-state index is -4.72. The second-order valence-corrected chi connectivity index (χ2v) is 7.85. The van der Waals surface area contributed by atoms with E-state index >= 15 is 0 Å². The average Bonchev–Trinajstić information content (AvgIpc) is 3.07. The van der Waals surface area contributed by atoms with Gasteiger partial charge >= 0.3 is 6.18 Å². The van der Waals surface area contributed by atoms with Crippen LogP contribution in [-0.2, 0) is 17.5 Å². The molecule has 1 aliphatic rings. The fourth-order valence-electron chi connectivity index (χ4n) is 3.38. The number of nitrogens with zero attached hydrogens (tertiary/aromatic N) is 4. The van der Waals surface area contributed by atoms with Gasteiger partial charge in [0, 0.05) is 12.6 Å². The van der Waals surface area contributed by atoms with Crippen LogP contribution in [0.15, 0.2) is 29.4 Å². The molecule has 1 fully saturated rings. The third-order valence-electron chi connectivity index (χ3n) is 4.84. The molecule has 1 aromatic heterocycles. The molecule has 0 aliphatic heterocycles. The van der Waals surface area contributed by atoms with Crippen molar-refractivity contribution in [2.75, 3.05) is 11.6 Å². The summed E-state index contributed by atoms with van der Waals surface area (Å²) in [4.78, 5) is 14.6. The average molecular weight is 431 g/mol. The van der Waals surface area contributed by atoms with Gasteiger partial charge in [-0.05, 0) is 30.5 Å². The molecule has 0 radical (unpaired) electrons. The normalized spacial score (nSPS) is 15.4. The maximum atomic E-state index is 13.2. The number of hydrogen-bond acceptors (Lipinski definition) is 5. The first-order valence-electron chi connectivity index (χ1n) is 9.20. The molecule has 2 aromatic rings. The fourth-order valence-corrected chi connectivity index (χ4v) is 4.12. The molecule has 1 aliphatic carbocycles. The van der Waals surface area contributed by atoms with Crippen molar-refractivity contribution >= 4 is 17.7 Å². The van der Waals surface area contributed by atoms with E-state index < -0.39 is 12.0 Å². The predicted octanol–water partition coefficient (Wildman–Crippen LogP) is 3.60. The first-order valence-corrected chi connectivity index (χ1v) is 10.2. The van der Waals surface area contributed by atoms with Gasteiger partial charge in [0.1, 0.15) is 5.82 Å². The van der Waals surface area contributed by atoms with Crippen LogP contribution in [0.3, 0.4) is 0 Å². The summed E-state index contributed by atoms with van der Waals surface area (Å²) in [5, 5.41) is 6.31. The number of carbonyl (C=O) groups excluding carboxylic acids is 1. The second-order valence-electron chi connectivity index (χ2n) is 6.90. The van der Waals surface area contributed by atoms with E-state index in [1.807, 2.05) is 0 Å². The Hall–Kier alpha value is -2.30. The Morgan fingerprint density at radius 1 is 1.17 bits per heavy atom. The standard InChI is InChI=1S/C18H21F4N5OS/c19-13-8-6-12(7-9-13)10-26(14-4-2-1-3-5-14)15(28)11-29-17-25-24-16(27(17)23)18(20,21)22/h6-9,14H,1-5,10-11,23H2. The van der Waals surface area contributed by atoms with E-state index in [1.54, 1.807) is 17.0 Å². The van der Waals surface area contributed by atoms with Gasteiger partial charge in [0.2, 0.25) is 11.1 Å². The molecule has 0 bridgehead atoms. The van der Waals surface area contributed by atoms with Gasteiger partial charge in [-0.1, -0.05) is 43.2 Å². The van der Waals surface area contributed by atoms with Crippen molar-refractivity contribution in [2.45, 2.75) is 56.0 Å². The predicted molar refractivity (Wildman–Crippen MR) is 99.7 cm³/mol. The fraction of sp³-hybridized carbons (Fsp3) is 0.500. The molecule has 0 spiro atoms. The number of aromatic nitrogens is 3. The van der Waals surface area contributed by atoms with Crippen LogP contribution in [0.1, 0.15) is 43.5 Å². The van der Waals surface area contributed by atoms with Crippen LogP contribution in [0.4, 0.5) is 17.6 Å². The van der Waals surface area contributed by atoms with E-state index in [0.717, 1.165) is 49.4 Å². The summed E-state index contributed by atoms with van der Waals surface area (Å²) in [6, 6.07) is 5.96. The summed E-state index contributed by atoms with van der Waals surface area (Å²) in [6.45, 7) is 0.313. The number of benzene rings is 1. The number of rotatable bonds is 6. The van der Waals surface area contributed by atoms with Crippen LogP contribution in [0.25, 0.3) is 0 Å². The zero-order valence-electron chi connectivity index (χ0n) is 15.5. The van der Waals surface area contributed by atoms with E-state index in [0.29, 0.717) is 11.2 Å². The molecule has 1 heterocycles. The number of nitrogens with two attached hydrogens (primary N) is 1. The number of thioether (sulfide) groups is 1. The minimum absolute atomic E-state index is 0.0448. The number of halogens is 4. The maximum absolute atomic E-state index is 13.2. The highest BCUT2D eigenvalue weighted by molar-refractivity contribution is 7.99. The summed E-state index contributed by atoms with van der Waals surface area (Å²) in [5.41, 5.74) is 0.789. The summed E-state index contributed by atoms with van der Waals surface area (Å²) in [5.74, 6) is 3.39. The Labute approximate surface area is 169 Å². The van der Waals surface area contributed by atoms with Crippen LogP contribution in [0.2, 0.25) is 0 Å². The van der Waals surface area contributed by atoms with Gasteiger partial charge in [0.25, 0.3) is 5.82 Å². The largest absolute Gasteiger partial charge is 0.453 e. The van der Waals surface area contributed by atoms with E-state index in [9.17, 15) is 22.4 Å². The lowest BCUT2D eigenvalue weighted by Gasteiger charge is -2.34. The van der Waals surface area contributed by atoms with Crippen LogP contribution in [0, 0.1) is 5.82 Å². The smallest absolute Gasteiger partial charge is 0.335 e. The van der Waals surface area contributed by atoms with Gasteiger partial charge in [0.05, 0.1) is 5.75 Å². The SMILES string of the molecule is Nn1c(SCC(=O)N(Cc2ccc(F)cc2)C2CCCCC2)nnc1C(F)(F)F. The molecule has 0 unspecified atom stereocenters. The topological polar surface area (TPSA) is 77.0 Å². The second kappa shape index (κ2) is 9.02. The first-order chi connectivity index (χ1) is 13.8. The summed E-state index contributed by atoms with van der Waals surface area (Å²) in [7, 11) is 0. The highest BCUT2D eigenvalue weighted by Crippen LogP contribution is 2.30. The molecule has 11 heteroatoms. The quantitative estimate of drug-likeness (QED) is 0.430. The molecule has 3 rings (SSSR count). The summed E-state index contributed by atoms with van der Waals surface area (Å²) >= 11 is 0.811. The van der Waals surface area contributed by atoms with Crippen molar-refractivity contribution in [3.8, 4) is 0 Å². The highest BCUT2D eigenvalue weighted by atomic mass is 32.2. The molecule has 1 saturated carbocycles. The van der Waals surface area contributed by atoms with Crippen molar-refractivity contribution in [3.05, 3.63) is 41.5 Å². The molecule has 1 aromatic carbocycles. The van der Waals surface area contributed by atoms with Gasteiger partial charge in [-0.2, -0.15) is 13.2 Å². The Kier molecular flexibility index (Phi) is 6.66. The molecule has 6 nitrogen and oxygen atoms in total. The molecular weight excluding hydrogens is 410 g/mol. The molecule has 2 N–H and O–H groups in total. The Bertz CT molecular complexity index is 834. The molecule has 158 valence electrons. The van der Waals surface area contributed by atoms with Crippen molar-refractivity contribution < 1.29 is 22.4 Å². The monoisotopic (exact) mass is 431 g/mol. The molecule has 0 saturated heterocycles. The van der Waals surface area contributed by atoms with E-state index in [4.69, 9.17) is 5.84 Å². The highest BCUT2D eigenvalue weighted by Gasteiger charge is 2.38. The molecule has 29 heavy (non-hydrogen) atoms. The number of amides is 1. The summed E-state index contributed by atoms with van der Waals surface area (Å²) in [6.07, 6.45) is 0.140. The lowest BCUT2D eigenvalue weighted by molar-refractivity contribution is -0.146. The van der Waals surface area contributed by atoms with Crippen LogP contribution < -0.4 is 5.84 Å². The third-order valence-corrected chi connectivity index (χ3v) is 5.77.